The predicted molar refractivity (Wildman–Crippen MR) is 46.3 cm³/mol. The molecule has 0 atom stereocenters. The summed E-state index contributed by atoms with van der Waals surface area (Å²) in [6, 6.07) is 0. The molecule has 1 aromatic heterocycles. The summed E-state index contributed by atoms with van der Waals surface area (Å²) in [6.45, 7) is 2.55. The number of carbonyl (C=O) groups excluding carboxylic acids is 1. The SMILES string of the molecule is CC(=O)c1cn(CCN)nn1.Cl. The van der Waals surface area contributed by atoms with Gasteiger partial charge in [-0.25, -0.2) is 0 Å². The fraction of sp³-hybridized carbons (Fsp3) is 0.500. The molecule has 0 saturated carbocycles. The van der Waals surface area contributed by atoms with Crippen LogP contribution in [-0.2, 0) is 6.54 Å². The maximum Gasteiger partial charge on any atom is 0.181 e. The molecule has 0 aliphatic heterocycles. The highest BCUT2D eigenvalue weighted by molar-refractivity contribution is 5.91. The van der Waals surface area contributed by atoms with E-state index < -0.39 is 0 Å². The second-order valence-corrected chi connectivity index (χ2v) is 2.21. The molecule has 6 heteroatoms. The lowest BCUT2D eigenvalue weighted by atomic mass is 10.3. The standard InChI is InChI=1S/C6H10N4O.ClH/c1-5(11)6-4-10(3-2-7)9-8-6;/h4H,2-3,7H2,1H3;1H. The van der Waals surface area contributed by atoms with Gasteiger partial charge in [-0.1, -0.05) is 5.21 Å². The Hall–Kier alpha value is -0.940. The minimum Gasteiger partial charge on any atom is -0.329 e. The summed E-state index contributed by atoms with van der Waals surface area (Å²) in [4.78, 5) is 10.7. The summed E-state index contributed by atoms with van der Waals surface area (Å²) in [5, 5.41) is 7.34. The number of nitrogens with two attached hydrogens (primary N) is 1. The molecule has 68 valence electrons. The fourth-order valence-electron chi connectivity index (χ4n) is 0.701. The lowest BCUT2D eigenvalue weighted by Crippen LogP contribution is -2.10. The third-order valence-electron chi connectivity index (χ3n) is 1.26. The van der Waals surface area contributed by atoms with Crippen LogP contribution in [0.2, 0.25) is 0 Å². The Labute approximate surface area is 76.3 Å². The van der Waals surface area contributed by atoms with Crippen molar-refractivity contribution >= 4 is 18.2 Å². The van der Waals surface area contributed by atoms with Crippen LogP contribution in [0.1, 0.15) is 17.4 Å². The molecule has 0 unspecified atom stereocenters. The predicted octanol–water partition coefficient (Wildman–Crippen LogP) is -0.139. The Morgan fingerprint density at radius 2 is 2.42 bits per heavy atom. The molecule has 1 rings (SSSR count). The first kappa shape index (κ1) is 11.1. The molecule has 0 amide bonds. The summed E-state index contributed by atoms with van der Waals surface area (Å²) >= 11 is 0. The number of hydrogen-bond acceptors (Lipinski definition) is 4. The third kappa shape index (κ3) is 2.60. The molecule has 12 heavy (non-hydrogen) atoms. The Morgan fingerprint density at radius 1 is 1.75 bits per heavy atom. The zero-order valence-electron chi connectivity index (χ0n) is 6.73. The van der Waals surface area contributed by atoms with Crippen molar-refractivity contribution in [2.45, 2.75) is 13.5 Å². The smallest absolute Gasteiger partial charge is 0.181 e. The Balaban J connectivity index is 0.00000121. The van der Waals surface area contributed by atoms with Crippen LogP contribution in [0.5, 0.6) is 0 Å². The summed E-state index contributed by atoms with van der Waals surface area (Å²) in [7, 11) is 0. The van der Waals surface area contributed by atoms with Gasteiger partial charge in [0.05, 0.1) is 12.7 Å². The van der Waals surface area contributed by atoms with Gasteiger partial charge < -0.3 is 5.73 Å². The highest BCUT2D eigenvalue weighted by atomic mass is 35.5. The zero-order valence-corrected chi connectivity index (χ0v) is 7.54. The highest BCUT2D eigenvalue weighted by Gasteiger charge is 2.03. The van der Waals surface area contributed by atoms with Gasteiger partial charge in [-0.3, -0.25) is 9.48 Å². The van der Waals surface area contributed by atoms with Crippen LogP contribution in [-0.4, -0.2) is 27.3 Å². The van der Waals surface area contributed by atoms with Gasteiger partial charge in [0.25, 0.3) is 0 Å². The monoisotopic (exact) mass is 190 g/mol. The molecule has 0 aromatic carbocycles. The van der Waals surface area contributed by atoms with Gasteiger partial charge in [-0.2, -0.15) is 0 Å². The molecule has 0 aliphatic carbocycles. The molecule has 0 radical (unpaired) electrons. The number of carbonyl (C=O) groups is 1. The second kappa shape index (κ2) is 4.84. The lowest BCUT2D eigenvalue weighted by Gasteiger charge is -1.91. The molecule has 0 bridgehead atoms. The van der Waals surface area contributed by atoms with E-state index in [2.05, 4.69) is 10.3 Å². The summed E-state index contributed by atoms with van der Waals surface area (Å²) in [5.41, 5.74) is 5.66. The first-order valence-electron chi connectivity index (χ1n) is 3.35. The largest absolute Gasteiger partial charge is 0.329 e. The molecular formula is C6H11ClN4O. The van der Waals surface area contributed by atoms with E-state index >= 15 is 0 Å². The minimum absolute atomic E-state index is 0. The van der Waals surface area contributed by atoms with Gasteiger partial charge >= 0.3 is 0 Å². The first-order valence-corrected chi connectivity index (χ1v) is 3.35. The van der Waals surface area contributed by atoms with E-state index in [4.69, 9.17) is 5.73 Å². The molecule has 0 fully saturated rings. The van der Waals surface area contributed by atoms with Gasteiger partial charge in [-0.05, 0) is 0 Å². The zero-order chi connectivity index (χ0) is 8.27. The molecule has 1 aromatic rings. The molecule has 0 saturated heterocycles. The minimum atomic E-state index is -0.0757. The quantitative estimate of drug-likeness (QED) is 0.674. The molecule has 0 aliphatic rings. The van der Waals surface area contributed by atoms with Gasteiger partial charge in [0, 0.05) is 13.5 Å². The van der Waals surface area contributed by atoms with E-state index in [1.54, 1.807) is 10.9 Å². The van der Waals surface area contributed by atoms with Crippen molar-refractivity contribution in [1.29, 1.82) is 0 Å². The van der Waals surface area contributed by atoms with Crippen LogP contribution in [0.3, 0.4) is 0 Å². The van der Waals surface area contributed by atoms with Crippen LogP contribution in [0.15, 0.2) is 6.20 Å². The van der Waals surface area contributed by atoms with Crippen LogP contribution in [0, 0.1) is 0 Å². The highest BCUT2D eigenvalue weighted by Crippen LogP contribution is 1.92. The molecular weight excluding hydrogens is 180 g/mol. The second-order valence-electron chi connectivity index (χ2n) is 2.21. The maximum absolute atomic E-state index is 10.7. The van der Waals surface area contributed by atoms with Crippen molar-refractivity contribution in [3.05, 3.63) is 11.9 Å². The topological polar surface area (TPSA) is 73.8 Å². The number of ketones is 1. The fourth-order valence-corrected chi connectivity index (χ4v) is 0.701. The van der Waals surface area contributed by atoms with Crippen LogP contribution in [0.25, 0.3) is 0 Å². The van der Waals surface area contributed by atoms with Crippen molar-refractivity contribution in [3.63, 3.8) is 0 Å². The van der Waals surface area contributed by atoms with Crippen molar-refractivity contribution < 1.29 is 4.79 Å². The van der Waals surface area contributed by atoms with E-state index in [1.807, 2.05) is 0 Å². The number of hydrogen-bond donors (Lipinski definition) is 1. The lowest BCUT2D eigenvalue weighted by molar-refractivity contribution is 0.101. The Bertz CT molecular complexity index is 260. The number of Topliss-reactive ketones (excluding diaryl/α,β-unsaturated/α-hetero) is 1. The van der Waals surface area contributed by atoms with E-state index in [1.165, 1.54) is 6.92 Å². The number of nitrogens with zero attached hydrogens (tertiary/aromatic N) is 3. The van der Waals surface area contributed by atoms with E-state index in [9.17, 15) is 4.79 Å². The van der Waals surface area contributed by atoms with E-state index in [-0.39, 0.29) is 18.2 Å². The molecule has 1 heterocycles. The van der Waals surface area contributed by atoms with E-state index in [0.29, 0.717) is 18.8 Å². The van der Waals surface area contributed by atoms with Gasteiger partial charge in [0.2, 0.25) is 0 Å². The summed E-state index contributed by atoms with van der Waals surface area (Å²) < 4.78 is 1.55. The summed E-state index contributed by atoms with van der Waals surface area (Å²) in [6.07, 6.45) is 1.59. The van der Waals surface area contributed by atoms with E-state index in [0.717, 1.165) is 0 Å². The Morgan fingerprint density at radius 3 is 2.83 bits per heavy atom. The average molecular weight is 191 g/mol. The number of halogens is 1. The van der Waals surface area contributed by atoms with Gasteiger partial charge in [0.15, 0.2) is 5.78 Å². The normalized spacial score (nSPS) is 9.17. The first-order chi connectivity index (χ1) is 5.24. The van der Waals surface area contributed by atoms with Crippen molar-refractivity contribution in [3.8, 4) is 0 Å². The maximum atomic E-state index is 10.7. The third-order valence-corrected chi connectivity index (χ3v) is 1.26. The van der Waals surface area contributed by atoms with Crippen LogP contribution >= 0.6 is 12.4 Å². The number of aromatic nitrogens is 3. The van der Waals surface area contributed by atoms with Crippen molar-refractivity contribution in [1.82, 2.24) is 15.0 Å². The van der Waals surface area contributed by atoms with Crippen molar-refractivity contribution in [2.75, 3.05) is 6.54 Å². The molecule has 5 nitrogen and oxygen atoms in total. The Kier molecular flexibility index (Phi) is 4.46. The van der Waals surface area contributed by atoms with Crippen molar-refractivity contribution in [2.24, 2.45) is 5.73 Å². The molecule has 0 spiro atoms. The summed E-state index contributed by atoms with van der Waals surface area (Å²) in [5.74, 6) is -0.0757. The number of rotatable bonds is 3. The van der Waals surface area contributed by atoms with Gasteiger partial charge in [0.1, 0.15) is 5.69 Å². The average Bonchev–Trinajstić information content (AvgIpc) is 2.37. The van der Waals surface area contributed by atoms with Crippen LogP contribution in [0.4, 0.5) is 0 Å². The van der Waals surface area contributed by atoms with Gasteiger partial charge in [-0.15, -0.1) is 17.5 Å². The van der Waals surface area contributed by atoms with Crippen LogP contribution < -0.4 is 5.73 Å². The molecule has 2 N–H and O–H groups in total.